The average Bonchev–Trinajstić information content (AvgIpc) is 2.22. The molecule has 0 aromatic carbocycles. The Bertz CT molecular complexity index is 175. The van der Waals surface area contributed by atoms with E-state index in [4.69, 9.17) is 0 Å². The average molecular weight is 214 g/mol. The number of hydrogen-bond donors (Lipinski definition) is 2. The van der Waals surface area contributed by atoms with Crippen LogP contribution in [-0.2, 0) is 0 Å². The zero-order valence-electron chi connectivity index (χ0n) is 10.4. The molecule has 0 bridgehead atoms. The summed E-state index contributed by atoms with van der Waals surface area (Å²) in [4.78, 5) is 2.51. The normalized spacial score (nSPS) is 30.4. The Morgan fingerprint density at radius 3 is 2.73 bits per heavy atom. The first-order chi connectivity index (χ1) is 7.17. The van der Waals surface area contributed by atoms with Crippen molar-refractivity contribution in [2.75, 3.05) is 26.2 Å². The van der Waals surface area contributed by atoms with E-state index < -0.39 is 0 Å². The van der Waals surface area contributed by atoms with E-state index in [1.54, 1.807) is 0 Å². The monoisotopic (exact) mass is 214 g/mol. The summed E-state index contributed by atoms with van der Waals surface area (Å²) in [5, 5.41) is 12.6. The fourth-order valence-electron chi connectivity index (χ4n) is 2.39. The van der Waals surface area contributed by atoms with Gasteiger partial charge in [-0.25, -0.2) is 0 Å². The summed E-state index contributed by atoms with van der Waals surface area (Å²) in [7, 11) is 0. The van der Waals surface area contributed by atoms with Crippen LogP contribution in [0, 0.1) is 5.92 Å². The predicted molar refractivity (Wildman–Crippen MR) is 64.0 cm³/mol. The van der Waals surface area contributed by atoms with Crippen molar-refractivity contribution in [1.29, 1.82) is 0 Å². The Morgan fingerprint density at radius 2 is 2.13 bits per heavy atom. The Morgan fingerprint density at radius 1 is 1.40 bits per heavy atom. The highest BCUT2D eigenvalue weighted by Gasteiger charge is 2.24. The van der Waals surface area contributed by atoms with E-state index in [-0.39, 0.29) is 12.6 Å². The Kier molecular flexibility index (Phi) is 5.58. The second-order valence-electron chi connectivity index (χ2n) is 4.92. The fourth-order valence-corrected chi connectivity index (χ4v) is 2.39. The minimum absolute atomic E-state index is 0.239. The first kappa shape index (κ1) is 12.9. The van der Waals surface area contributed by atoms with Crippen LogP contribution in [0.25, 0.3) is 0 Å². The van der Waals surface area contributed by atoms with Crippen molar-refractivity contribution in [2.24, 2.45) is 5.92 Å². The molecule has 0 spiro atoms. The van der Waals surface area contributed by atoms with Gasteiger partial charge in [-0.2, -0.15) is 0 Å². The van der Waals surface area contributed by atoms with E-state index in [9.17, 15) is 5.11 Å². The third kappa shape index (κ3) is 4.09. The number of aliphatic hydroxyl groups is 1. The second-order valence-corrected chi connectivity index (χ2v) is 4.92. The van der Waals surface area contributed by atoms with Gasteiger partial charge in [0, 0.05) is 25.2 Å². The van der Waals surface area contributed by atoms with Gasteiger partial charge in [-0.3, -0.25) is 4.90 Å². The van der Waals surface area contributed by atoms with Crippen LogP contribution in [0.2, 0.25) is 0 Å². The third-order valence-electron chi connectivity index (χ3n) is 3.41. The van der Waals surface area contributed by atoms with Crippen LogP contribution >= 0.6 is 0 Å². The molecule has 90 valence electrons. The zero-order valence-corrected chi connectivity index (χ0v) is 10.4. The predicted octanol–water partition coefficient (Wildman–Crippen LogP) is 1.08. The van der Waals surface area contributed by atoms with Gasteiger partial charge in [0.15, 0.2) is 0 Å². The Hall–Kier alpha value is -0.120. The third-order valence-corrected chi connectivity index (χ3v) is 3.41. The van der Waals surface area contributed by atoms with Gasteiger partial charge in [0.05, 0.1) is 6.61 Å². The quantitative estimate of drug-likeness (QED) is 0.719. The van der Waals surface area contributed by atoms with Crippen molar-refractivity contribution in [3.63, 3.8) is 0 Å². The van der Waals surface area contributed by atoms with Crippen LogP contribution in [0.15, 0.2) is 0 Å². The molecule has 0 aliphatic carbocycles. The standard InChI is InChI=1S/C12H26N2O/c1-4-13-12(9-15)8-14-7-10(2)5-6-11(14)3/h10-13,15H,4-9H2,1-3H3. The van der Waals surface area contributed by atoms with E-state index in [2.05, 4.69) is 31.0 Å². The summed E-state index contributed by atoms with van der Waals surface area (Å²) >= 11 is 0. The van der Waals surface area contributed by atoms with Gasteiger partial charge < -0.3 is 10.4 Å². The highest BCUT2D eigenvalue weighted by Crippen LogP contribution is 2.21. The van der Waals surface area contributed by atoms with Gasteiger partial charge in [-0.15, -0.1) is 0 Å². The molecule has 1 rings (SSSR count). The molecule has 1 heterocycles. The van der Waals surface area contributed by atoms with Gasteiger partial charge in [0.2, 0.25) is 0 Å². The molecular weight excluding hydrogens is 188 g/mol. The summed E-state index contributed by atoms with van der Waals surface area (Å²) in [6, 6.07) is 0.914. The maximum atomic E-state index is 9.25. The lowest BCUT2D eigenvalue weighted by Crippen LogP contribution is -2.49. The number of piperidine rings is 1. The maximum absolute atomic E-state index is 9.25. The number of aliphatic hydroxyl groups excluding tert-OH is 1. The Balaban J connectivity index is 2.39. The first-order valence-corrected chi connectivity index (χ1v) is 6.25. The summed E-state index contributed by atoms with van der Waals surface area (Å²) in [6.07, 6.45) is 2.65. The molecule has 1 aliphatic heterocycles. The number of likely N-dealkylation sites (tertiary alicyclic amines) is 1. The van der Waals surface area contributed by atoms with Crippen molar-refractivity contribution < 1.29 is 5.11 Å². The minimum Gasteiger partial charge on any atom is -0.395 e. The molecule has 3 unspecified atom stereocenters. The topological polar surface area (TPSA) is 35.5 Å². The second kappa shape index (κ2) is 6.46. The molecule has 1 aliphatic rings. The summed E-state index contributed by atoms with van der Waals surface area (Å²) in [5.74, 6) is 0.808. The molecule has 15 heavy (non-hydrogen) atoms. The molecule has 3 atom stereocenters. The van der Waals surface area contributed by atoms with Gasteiger partial charge in [-0.05, 0) is 32.2 Å². The van der Waals surface area contributed by atoms with Crippen LogP contribution in [0.4, 0.5) is 0 Å². The number of likely N-dealkylation sites (N-methyl/N-ethyl adjacent to an activating group) is 1. The molecule has 2 N–H and O–H groups in total. The van der Waals surface area contributed by atoms with Crippen LogP contribution in [0.5, 0.6) is 0 Å². The largest absolute Gasteiger partial charge is 0.395 e. The molecule has 0 aromatic rings. The van der Waals surface area contributed by atoms with Crippen LogP contribution in [0.1, 0.15) is 33.6 Å². The molecule has 0 radical (unpaired) electrons. The highest BCUT2D eigenvalue weighted by molar-refractivity contribution is 4.80. The van der Waals surface area contributed by atoms with Crippen molar-refractivity contribution in [1.82, 2.24) is 10.2 Å². The van der Waals surface area contributed by atoms with Crippen LogP contribution in [-0.4, -0.2) is 48.3 Å². The molecule has 0 aromatic heterocycles. The Labute approximate surface area is 93.9 Å². The van der Waals surface area contributed by atoms with Gasteiger partial charge >= 0.3 is 0 Å². The van der Waals surface area contributed by atoms with Crippen molar-refractivity contribution >= 4 is 0 Å². The molecule has 1 saturated heterocycles. The molecule has 3 heteroatoms. The maximum Gasteiger partial charge on any atom is 0.0597 e. The van der Waals surface area contributed by atoms with E-state index >= 15 is 0 Å². The lowest BCUT2D eigenvalue weighted by atomic mass is 9.94. The van der Waals surface area contributed by atoms with Gasteiger partial charge in [0.1, 0.15) is 0 Å². The summed E-state index contributed by atoms with van der Waals surface area (Å²) < 4.78 is 0. The number of nitrogens with zero attached hydrogens (tertiary/aromatic N) is 1. The van der Waals surface area contributed by atoms with E-state index in [0.717, 1.165) is 19.0 Å². The van der Waals surface area contributed by atoms with Gasteiger partial charge in [0.25, 0.3) is 0 Å². The fraction of sp³-hybridized carbons (Fsp3) is 1.00. The van der Waals surface area contributed by atoms with Crippen LogP contribution < -0.4 is 5.32 Å². The molecule has 0 saturated carbocycles. The number of nitrogens with one attached hydrogen (secondary N) is 1. The number of hydrogen-bond acceptors (Lipinski definition) is 3. The van der Waals surface area contributed by atoms with Crippen molar-refractivity contribution in [3.8, 4) is 0 Å². The number of rotatable bonds is 5. The molecule has 3 nitrogen and oxygen atoms in total. The van der Waals surface area contributed by atoms with Gasteiger partial charge in [-0.1, -0.05) is 13.8 Å². The van der Waals surface area contributed by atoms with Crippen molar-refractivity contribution in [3.05, 3.63) is 0 Å². The summed E-state index contributed by atoms with van der Waals surface area (Å²) in [5.41, 5.74) is 0. The smallest absolute Gasteiger partial charge is 0.0597 e. The molecule has 0 amide bonds. The van der Waals surface area contributed by atoms with E-state index in [1.165, 1.54) is 19.4 Å². The summed E-state index contributed by atoms with van der Waals surface area (Å²) in [6.45, 7) is 10.0. The SMILES string of the molecule is CCNC(CO)CN1CC(C)CCC1C. The van der Waals surface area contributed by atoms with E-state index in [1.807, 2.05) is 0 Å². The minimum atomic E-state index is 0.239. The zero-order chi connectivity index (χ0) is 11.3. The lowest BCUT2D eigenvalue weighted by molar-refractivity contribution is 0.0975. The van der Waals surface area contributed by atoms with E-state index in [0.29, 0.717) is 6.04 Å². The molecular formula is C12H26N2O. The van der Waals surface area contributed by atoms with Crippen LogP contribution in [0.3, 0.4) is 0 Å². The van der Waals surface area contributed by atoms with Crippen molar-refractivity contribution in [2.45, 2.75) is 45.7 Å². The lowest BCUT2D eigenvalue weighted by Gasteiger charge is -2.38. The first-order valence-electron chi connectivity index (χ1n) is 6.25. The molecule has 1 fully saturated rings. The highest BCUT2D eigenvalue weighted by atomic mass is 16.3.